The van der Waals surface area contributed by atoms with Gasteiger partial charge in [-0.3, -0.25) is 4.74 Å². The van der Waals surface area contributed by atoms with Crippen molar-refractivity contribution >= 4 is 28.4 Å². The maximum absolute atomic E-state index is 12.4. The summed E-state index contributed by atoms with van der Waals surface area (Å²) in [6, 6.07) is 7.43. The van der Waals surface area contributed by atoms with Gasteiger partial charge in [0.2, 0.25) is 0 Å². The molecular weight excluding hydrogens is 343 g/mol. The Labute approximate surface area is 121 Å². The van der Waals surface area contributed by atoms with Gasteiger partial charge in [-0.05, 0) is 68.5 Å². The van der Waals surface area contributed by atoms with Crippen molar-refractivity contribution in [2.75, 3.05) is 0 Å². The number of nitrogens with zero attached hydrogens (tertiary/aromatic N) is 2. The third-order valence-corrected chi connectivity index (χ3v) is 4.65. The molecule has 0 spiro atoms. The fourth-order valence-electron chi connectivity index (χ4n) is 1.97. The number of hydrogen-bond acceptors (Lipinski definition) is 2. The van der Waals surface area contributed by atoms with Gasteiger partial charge in [-0.2, -0.15) is 0 Å². The van der Waals surface area contributed by atoms with Crippen molar-refractivity contribution in [2.45, 2.75) is 38.8 Å². The lowest BCUT2D eigenvalue weighted by atomic mass is 9.84. The van der Waals surface area contributed by atoms with Crippen LogP contribution in [0.15, 0.2) is 24.3 Å². The lowest BCUT2D eigenvalue weighted by Crippen LogP contribution is -2.53. The Hall–Kier alpha value is -0.820. The number of hydroxylamine groups is 3. The average Bonchev–Trinajstić information content (AvgIpc) is 2.38. The number of rotatable bonds is 1. The van der Waals surface area contributed by atoms with E-state index in [-0.39, 0.29) is 5.84 Å². The predicted octanol–water partition coefficient (Wildman–Crippen LogP) is 2.77. The molecule has 0 aliphatic carbocycles. The molecule has 0 saturated carbocycles. The van der Waals surface area contributed by atoms with Gasteiger partial charge in [0.1, 0.15) is 5.54 Å². The summed E-state index contributed by atoms with van der Waals surface area (Å²) in [6.07, 6.45) is 0. The molecule has 0 aromatic heterocycles. The van der Waals surface area contributed by atoms with Gasteiger partial charge in [0.25, 0.3) is 0 Å². The van der Waals surface area contributed by atoms with E-state index in [1.165, 1.54) is 0 Å². The summed E-state index contributed by atoms with van der Waals surface area (Å²) in [4.78, 5) is 0. The fraction of sp³-hybridized carbons (Fsp3) is 0.462. The summed E-state index contributed by atoms with van der Waals surface area (Å²) in [6.45, 7) is 7.19. The summed E-state index contributed by atoms with van der Waals surface area (Å²) >= 11 is 2.17. The average molecular weight is 359 g/mol. The van der Waals surface area contributed by atoms with Gasteiger partial charge in [-0.1, -0.05) is 11.1 Å². The summed E-state index contributed by atoms with van der Waals surface area (Å²) in [5, 5.41) is 25.6. The highest BCUT2D eigenvalue weighted by Crippen LogP contribution is 2.37. The Kier molecular flexibility index (Phi) is 3.09. The van der Waals surface area contributed by atoms with Crippen LogP contribution in [0.1, 0.15) is 33.3 Å². The monoisotopic (exact) mass is 359 g/mol. The molecular formula is C13H16IN2O2. The van der Waals surface area contributed by atoms with Gasteiger partial charge in [0.15, 0.2) is 5.54 Å². The highest BCUT2D eigenvalue weighted by Gasteiger charge is 2.59. The molecule has 4 nitrogen and oxygen atoms in total. The number of hydrogen-bond donors (Lipinski definition) is 0. The van der Waals surface area contributed by atoms with E-state index in [4.69, 9.17) is 0 Å². The standard InChI is InChI=1S/C13H16IN2O2/c1-12(2)13(3,4)16(18)11(15(12)17)9-6-5-7-10(14)8-9/h5-8H,1-4H3. The zero-order chi connectivity index (χ0) is 13.7. The molecule has 1 aliphatic rings. The van der Waals surface area contributed by atoms with E-state index in [0.717, 1.165) is 13.4 Å². The van der Waals surface area contributed by atoms with Crippen molar-refractivity contribution < 1.29 is 9.95 Å². The Morgan fingerprint density at radius 3 is 2.33 bits per heavy atom. The van der Waals surface area contributed by atoms with E-state index in [1.807, 2.05) is 18.2 Å². The molecule has 0 amide bonds. The second-order valence-corrected chi connectivity index (χ2v) is 6.79. The summed E-state index contributed by atoms with van der Waals surface area (Å²) < 4.78 is 1.84. The maximum atomic E-state index is 12.4. The molecule has 1 aromatic carbocycles. The largest absolute Gasteiger partial charge is 0.714 e. The van der Waals surface area contributed by atoms with Crippen molar-refractivity contribution in [3.8, 4) is 0 Å². The number of benzene rings is 1. The zero-order valence-corrected chi connectivity index (χ0v) is 13.1. The summed E-state index contributed by atoms with van der Waals surface area (Å²) in [5.41, 5.74) is -0.845. The third kappa shape index (κ3) is 1.72. The van der Waals surface area contributed by atoms with Crippen LogP contribution in [-0.4, -0.2) is 26.7 Å². The molecule has 97 valence electrons. The summed E-state index contributed by atoms with van der Waals surface area (Å²) in [5.74, 6) is 0.198. The topological polar surface area (TPSA) is 49.2 Å². The van der Waals surface area contributed by atoms with Gasteiger partial charge >= 0.3 is 5.84 Å². The molecule has 0 atom stereocenters. The smallest absolute Gasteiger partial charge is 0.316 e. The van der Waals surface area contributed by atoms with Gasteiger partial charge in [-0.25, -0.2) is 0 Å². The van der Waals surface area contributed by atoms with Crippen LogP contribution >= 0.6 is 22.6 Å². The van der Waals surface area contributed by atoms with E-state index in [9.17, 15) is 10.4 Å². The Bertz CT molecular complexity index is 523. The molecule has 0 unspecified atom stereocenters. The van der Waals surface area contributed by atoms with Crippen molar-refractivity contribution in [3.05, 3.63) is 38.6 Å². The first-order valence-electron chi connectivity index (χ1n) is 5.77. The second-order valence-electron chi connectivity index (χ2n) is 5.54. The molecule has 1 radical (unpaired) electrons. The van der Waals surface area contributed by atoms with Crippen LogP contribution in [0.3, 0.4) is 0 Å². The van der Waals surface area contributed by atoms with E-state index < -0.39 is 11.1 Å². The van der Waals surface area contributed by atoms with E-state index >= 15 is 0 Å². The van der Waals surface area contributed by atoms with Gasteiger partial charge in [-0.15, -0.1) is 0 Å². The number of halogens is 1. The van der Waals surface area contributed by atoms with Crippen LogP contribution in [-0.2, 0) is 5.21 Å². The van der Waals surface area contributed by atoms with E-state index in [1.54, 1.807) is 33.8 Å². The Morgan fingerprint density at radius 1 is 1.28 bits per heavy atom. The lowest BCUT2D eigenvalue weighted by molar-refractivity contribution is -0.539. The van der Waals surface area contributed by atoms with Crippen LogP contribution in [0, 0.1) is 8.78 Å². The molecule has 18 heavy (non-hydrogen) atoms. The quantitative estimate of drug-likeness (QED) is 0.440. The molecule has 2 rings (SSSR count). The van der Waals surface area contributed by atoms with Gasteiger partial charge in [0, 0.05) is 8.78 Å². The molecule has 1 aliphatic heterocycles. The van der Waals surface area contributed by atoms with Crippen molar-refractivity contribution in [2.24, 2.45) is 0 Å². The van der Waals surface area contributed by atoms with Crippen LogP contribution in [0.4, 0.5) is 0 Å². The van der Waals surface area contributed by atoms with Crippen LogP contribution in [0.25, 0.3) is 0 Å². The maximum Gasteiger partial charge on any atom is 0.316 e. The van der Waals surface area contributed by atoms with Gasteiger partial charge in [0.05, 0.1) is 5.56 Å². The van der Waals surface area contributed by atoms with Crippen molar-refractivity contribution in [3.63, 3.8) is 0 Å². The molecule has 0 bridgehead atoms. The molecule has 1 aromatic rings. The Balaban J connectivity index is 2.61. The second kappa shape index (κ2) is 4.09. The third-order valence-electron chi connectivity index (χ3n) is 3.98. The molecule has 0 N–H and O–H groups in total. The predicted molar refractivity (Wildman–Crippen MR) is 77.6 cm³/mol. The first kappa shape index (κ1) is 13.6. The highest BCUT2D eigenvalue weighted by molar-refractivity contribution is 14.1. The minimum absolute atomic E-state index is 0.198. The number of amidine groups is 1. The fourth-order valence-corrected chi connectivity index (χ4v) is 2.51. The van der Waals surface area contributed by atoms with Gasteiger partial charge < -0.3 is 5.21 Å². The van der Waals surface area contributed by atoms with E-state index in [2.05, 4.69) is 22.6 Å². The first-order chi connectivity index (χ1) is 8.19. The SMILES string of the molecule is CC1(C)N([O])C(c2cccc(I)c2)=[N+]([O-])C1(C)C. The molecule has 0 saturated heterocycles. The normalized spacial score (nSPS) is 21.6. The van der Waals surface area contributed by atoms with Crippen LogP contribution in [0.2, 0.25) is 0 Å². The highest BCUT2D eigenvalue weighted by atomic mass is 127. The van der Waals surface area contributed by atoms with Crippen LogP contribution in [0.5, 0.6) is 0 Å². The molecule has 1 heterocycles. The first-order valence-corrected chi connectivity index (χ1v) is 6.85. The van der Waals surface area contributed by atoms with E-state index in [0.29, 0.717) is 5.56 Å². The zero-order valence-electron chi connectivity index (χ0n) is 10.9. The minimum atomic E-state index is -0.759. The summed E-state index contributed by atoms with van der Waals surface area (Å²) in [7, 11) is 0. The molecule has 0 fully saturated rings. The minimum Gasteiger partial charge on any atom is -0.714 e. The Morgan fingerprint density at radius 2 is 1.89 bits per heavy atom. The van der Waals surface area contributed by atoms with Crippen molar-refractivity contribution in [1.29, 1.82) is 0 Å². The van der Waals surface area contributed by atoms with Crippen LogP contribution < -0.4 is 0 Å². The lowest BCUT2D eigenvalue weighted by Gasteiger charge is -2.32. The van der Waals surface area contributed by atoms with Crippen molar-refractivity contribution in [1.82, 2.24) is 5.06 Å². The molecule has 5 heteroatoms.